The van der Waals surface area contributed by atoms with Gasteiger partial charge in [-0.15, -0.1) is 0 Å². The van der Waals surface area contributed by atoms with E-state index in [1.807, 2.05) is 0 Å². The van der Waals surface area contributed by atoms with Gasteiger partial charge in [-0.3, -0.25) is 4.79 Å². The highest BCUT2D eigenvalue weighted by Crippen LogP contribution is 2.45. The molecule has 0 saturated heterocycles. The van der Waals surface area contributed by atoms with Crippen molar-refractivity contribution in [3.8, 4) is 5.75 Å². The first-order valence-corrected chi connectivity index (χ1v) is 6.60. The van der Waals surface area contributed by atoms with Gasteiger partial charge in [-0.1, -0.05) is 25.3 Å². The number of benzene rings is 1. The van der Waals surface area contributed by atoms with E-state index in [-0.39, 0.29) is 5.56 Å². The molecule has 1 saturated carbocycles. The summed E-state index contributed by atoms with van der Waals surface area (Å²) in [5, 5.41) is 9.66. The zero-order chi connectivity index (χ0) is 14.0. The summed E-state index contributed by atoms with van der Waals surface area (Å²) in [7, 11) is 1.46. The first-order chi connectivity index (χ1) is 9.03. The molecule has 0 bridgehead atoms. The number of halogens is 1. The predicted octanol–water partition coefficient (Wildman–Crippen LogP) is 3.43. The van der Waals surface area contributed by atoms with Crippen LogP contribution in [-0.4, -0.2) is 18.2 Å². The van der Waals surface area contributed by atoms with Crippen molar-refractivity contribution in [2.75, 3.05) is 7.11 Å². The minimum atomic E-state index is -1.14. The summed E-state index contributed by atoms with van der Waals surface area (Å²) >= 11 is 0. The number of hydrogen-bond donors (Lipinski definition) is 1. The minimum Gasteiger partial charge on any atom is -0.496 e. The van der Waals surface area contributed by atoms with Crippen molar-refractivity contribution in [1.82, 2.24) is 0 Å². The third-order valence-electron chi connectivity index (χ3n) is 4.10. The molecule has 0 aliphatic heterocycles. The Bertz CT molecular complexity index is 490. The van der Waals surface area contributed by atoms with E-state index in [9.17, 15) is 14.3 Å². The van der Waals surface area contributed by atoms with E-state index in [1.54, 1.807) is 13.0 Å². The lowest BCUT2D eigenvalue weighted by atomic mass is 9.68. The quantitative estimate of drug-likeness (QED) is 0.911. The molecule has 1 fully saturated rings. The highest BCUT2D eigenvalue weighted by molar-refractivity contribution is 5.83. The van der Waals surface area contributed by atoms with Gasteiger partial charge in [-0.25, -0.2) is 4.39 Å². The number of hydrogen-bond acceptors (Lipinski definition) is 2. The van der Waals surface area contributed by atoms with E-state index in [2.05, 4.69) is 0 Å². The number of carbonyl (C=O) groups is 1. The van der Waals surface area contributed by atoms with E-state index < -0.39 is 17.2 Å². The second-order valence-electron chi connectivity index (χ2n) is 5.22. The summed E-state index contributed by atoms with van der Waals surface area (Å²) in [5.74, 6) is -1.05. The molecule has 1 aliphatic rings. The van der Waals surface area contributed by atoms with Gasteiger partial charge in [0.25, 0.3) is 0 Å². The Morgan fingerprint density at radius 1 is 1.32 bits per heavy atom. The molecule has 1 aromatic carbocycles. The topological polar surface area (TPSA) is 46.5 Å². The largest absolute Gasteiger partial charge is 0.496 e. The lowest BCUT2D eigenvalue weighted by Crippen LogP contribution is -2.39. The number of aryl methyl sites for hydroxylation is 1. The highest BCUT2D eigenvalue weighted by atomic mass is 19.1. The van der Waals surface area contributed by atoms with Gasteiger partial charge in [0.1, 0.15) is 11.6 Å². The van der Waals surface area contributed by atoms with Crippen LogP contribution >= 0.6 is 0 Å². The van der Waals surface area contributed by atoms with Gasteiger partial charge < -0.3 is 9.84 Å². The fourth-order valence-electron chi connectivity index (χ4n) is 3.10. The molecule has 0 unspecified atom stereocenters. The maximum absolute atomic E-state index is 14.3. The van der Waals surface area contributed by atoms with Crippen LogP contribution in [-0.2, 0) is 10.2 Å². The van der Waals surface area contributed by atoms with Crippen LogP contribution in [0.4, 0.5) is 4.39 Å². The van der Waals surface area contributed by atoms with Crippen LogP contribution in [0.2, 0.25) is 0 Å². The molecule has 0 atom stereocenters. The lowest BCUT2D eigenvalue weighted by molar-refractivity contribution is -0.145. The summed E-state index contributed by atoms with van der Waals surface area (Å²) in [4.78, 5) is 11.8. The van der Waals surface area contributed by atoms with Crippen molar-refractivity contribution in [1.29, 1.82) is 0 Å². The molecule has 2 rings (SSSR count). The number of methoxy groups -OCH3 is 1. The molecule has 0 aromatic heterocycles. The molecule has 19 heavy (non-hydrogen) atoms. The van der Waals surface area contributed by atoms with Crippen molar-refractivity contribution in [2.24, 2.45) is 0 Å². The van der Waals surface area contributed by atoms with E-state index in [0.717, 1.165) is 24.8 Å². The first-order valence-electron chi connectivity index (χ1n) is 6.60. The second-order valence-corrected chi connectivity index (χ2v) is 5.22. The third-order valence-corrected chi connectivity index (χ3v) is 4.10. The minimum absolute atomic E-state index is 0.224. The SMILES string of the molecule is COc1c(C)ccc(F)c1C1(C(=O)O)CCCCC1. The number of aliphatic carboxylic acids is 1. The number of ether oxygens (including phenoxy) is 1. The first kappa shape index (κ1) is 13.8. The van der Waals surface area contributed by atoms with Crippen LogP contribution in [0.25, 0.3) is 0 Å². The highest BCUT2D eigenvalue weighted by Gasteiger charge is 2.45. The third kappa shape index (κ3) is 2.20. The molecule has 0 heterocycles. The average molecular weight is 266 g/mol. The molecule has 0 amide bonds. The Balaban J connectivity index is 2.66. The number of carboxylic acid groups (broad SMARTS) is 1. The van der Waals surface area contributed by atoms with Crippen molar-refractivity contribution in [3.05, 3.63) is 29.1 Å². The second kappa shape index (κ2) is 5.19. The van der Waals surface area contributed by atoms with E-state index >= 15 is 0 Å². The summed E-state index contributed by atoms with van der Waals surface area (Å²) in [5.41, 5.74) is -0.146. The van der Waals surface area contributed by atoms with Crippen LogP contribution in [0.5, 0.6) is 5.75 Å². The Labute approximate surface area is 112 Å². The van der Waals surface area contributed by atoms with Crippen LogP contribution in [0, 0.1) is 12.7 Å². The van der Waals surface area contributed by atoms with Gasteiger partial charge in [0, 0.05) is 5.56 Å². The molecule has 0 radical (unpaired) electrons. The maximum atomic E-state index is 14.3. The predicted molar refractivity (Wildman–Crippen MR) is 70.1 cm³/mol. The molecule has 0 spiro atoms. The Morgan fingerprint density at radius 3 is 2.47 bits per heavy atom. The van der Waals surface area contributed by atoms with Crippen LogP contribution < -0.4 is 4.74 Å². The zero-order valence-corrected chi connectivity index (χ0v) is 11.3. The van der Waals surface area contributed by atoms with Crippen LogP contribution in [0.1, 0.15) is 43.2 Å². The lowest BCUT2D eigenvalue weighted by Gasteiger charge is -2.35. The van der Waals surface area contributed by atoms with Crippen molar-refractivity contribution in [3.63, 3.8) is 0 Å². The number of rotatable bonds is 3. The normalized spacial score (nSPS) is 18.1. The van der Waals surface area contributed by atoms with Crippen LogP contribution in [0.3, 0.4) is 0 Å². The Kier molecular flexibility index (Phi) is 3.78. The van der Waals surface area contributed by atoms with Gasteiger partial charge in [0.05, 0.1) is 12.5 Å². The monoisotopic (exact) mass is 266 g/mol. The molecule has 1 aliphatic carbocycles. The number of carboxylic acids is 1. The van der Waals surface area contributed by atoms with E-state index in [4.69, 9.17) is 4.74 Å². The molecule has 3 nitrogen and oxygen atoms in total. The standard InChI is InChI=1S/C15H19FO3/c1-10-6-7-11(16)12(13(10)19-2)15(14(17)18)8-4-3-5-9-15/h6-7H,3-5,8-9H2,1-2H3,(H,17,18). The maximum Gasteiger partial charge on any atom is 0.314 e. The Morgan fingerprint density at radius 2 is 1.95 bits per heavy atom. The van der Waals surface area contributed by atoms with Crippen molar-refractivity contribution < 1.29 is 19.0 Å². The van der Waals surface area contributed by atoms with Gasteiger partial charge >= 0.3 is 5.97 Å². The molecule has 4 heteroatoms. The molecule has 104 valence electrons. The molecular formula is C15H19FO3. The summed E-state index contributed by atoms with van der Waals surface area (Å²) in [6.45, 7) is 1.81. The average Bonchev–Trinajstić information content (AvgIpc) is 2.41. The molecular weight excluding hydrogens is 247 g/mol. The summed E-state index contributed by atoms with van der Waals surface area (Å²) in [6.07, 6.45) is 3.56. The summed E-state index contributed by atoms with van der Waals surface area (Å²) in [6, 6.07) is 2.96. The van der Waals surface area contributed by atoms with Gasteiger partial charge in [-0.2, -0.15) is 0 Å². The fraction of sp³-hybridized carbons (Fsp3) is 0.533. The molecule has 1 aromatic rings. The van der Waals surface area contributed by atoms with E-state index in [0.29, 0.717) is 18.6 Å². The van der Waals surface area contributed by atoms with Crippen molar-refractivity contribution in [2.45, 2.75) is 44.4 Å². The summed E-state index contributed by atoms with van der Waals surface area (Å²) < 4.78 is 19.5. The smallest absolute Gasteiger partial charge is 0.314 e. The molecule has 1 N–H and O–H groups in total. The van der Waals surface area contributed by atoms with Crippen molar-refractivity contribution >= 4 is 5.97 Å². The fourth-order valence-corrected chi connectivity index (χ4v) is 3.10. The zero-order valence-electron chi connectivity index (χ0n) is 11.3. The van der Waals surface area contributed by atoms with Crippen LogP contribution in [0.15, 0.2) is 12.1 Å². The van der Waals surface area contributed by atoms with Gasteiger partial charge in [0.2, 0.25) is 0 Å². The van der Waals surface area contributed by atoms with Gasteiger partial charge in [0.15, 0.2) is 0 Å². The Hall–Kier alpha value is -1.58. The van der Waals surface area contributed by atoms with E-state index in [1.165, 1.54) is 13.2 Å². The van der Waals surface area contributed by atoms with Gasteiger partial charge in [-0.05, 0) is 31.4 Å².